The average Bonchev–Trinajstić information content (AvgIpc) is 2.70. The number of carbonyl (C=O) groups excluding carboxylic acids is 1. The van der Waals surface area contributed by atoms with Gasteiger partial charge in [0, 0.05) is 18.4 Å². The average molecular weight is 440 g/mol. The molecule has 0 saturated heterocycles. The van der Waals surface area contributed by atoms with E-state index in [1.807, 2.05) is 0 Å². The number of unbranched alkanes of at least 4 members (excludes halogenated alkanes) is 10. The predicted octanol–water partition coefficient (Wildman–Crippen LogP) is 3.90. The molecule has 1 aromatic carbocycles. The van der Waals surface area contributed by atoms with E-state index in [-0.39, 0.29) is 18.4 Å². The maximum atomic E-state index is 11.9. The van der Waals surface area contributed by atoms with Crippen molar-refractivity contribution in [3.8, 4) is 0 Å². The minimum absolute atomic E-state index is 0. The monoisotopic (exact) mass is 439 g/mol. The summed E-state index contributed by atoms with van der Waals surface area (Å²) in [7, 11) is 4.47. The maximum Gasteiger partial charge on any atom is 0.305 e. The van der Waals surface area contributed by atoms with Crippen LogP contribution in [0.25, 0.3) is 0 Å². The second-order valence-corrected chi connectivity index (χ2v) is 9.16. The zero-order valence-corrected chi connectivity index (χ0v) is 20.6. The molecule has 0 N–H and O–H groups in total. The summed E-state index contributed by atoms with van der Waals surface area (Å²) in [6.07, 6.45) is 15.9. The third-order valence-corrected chi connectivity index (χ3v) is 5.61. The Kier molecular flexibility index (Phi) is 18.0. The fraction of sp³-hybridized carbons (Fsp3) is 0.731. The van der Waals surface area contributed by atoms with Crippen molar-refractivity contribution in [3.05, 3.63) is 35.9 Å². The Morgan fingerprint density at radius 1 is 0.800 bits per heavy atom. The van der Waals surface area contributed by atoms with E-state index >= 15 is 0 Å². The van der Waals surface area contributed by atoms with Crippen LogP contribution in [0.1, 0.15) is 96.0 Å². The van der Waals surface area contributed by atoms with Crippen LogP contribution in [0.3, 0.4) is 0 Å². The van der Waals surface area contributed by atoms with Gasteiger partial charge in [-0.05, 0) is 6.42 Å². The van der Waals surface area contributed by atoms with E-state index in [2.05, 4.69) is 51.4 Å². The summed E-state index contributed by atoms with van der Waals surface area (Å²) >= 11 is 0. The minimum Gasteiger partial charge on any atom is -1.00 e. The summed E-state index contributed by atoms with van der Waals surface area (Å²) in [5, 5.41) is 0. The molecule has 0 aliphatic rings. The number of quaternary nitrogens is 1. The van der Waals surface area contributed by atoms with Gasteiger partial charge in [0.25, 0.3) is 0 Å². The largest absolute Gasteiger partial charge is 1.00 e. The second-order valence-electron chi connectivity index (χ2n) is 9.16. The summed E-state index contributed by atoms with van der Waals surface area (Å²) in [6, 6.07) is 10.6. The Morgan fingerprint density at radius 2 is 1.33 bits per heavy atom. The molecule has 4 heteroatoms. The van der Waals surface area contributed by atoms with E-state index in [1.54, 1.807) is 0 Å². The molecular formula is C26H46ClNO2. The van der Waals surface area contributed by atoms with Gasteiger partial charge in [0.15, 0.2) is 0 Å². The Balaban J connectivity index is 0.00000841. The van der Waals surface area contributed by atoms with Crippen LogP contribution < -0.4 is 12.4 Å². The normalized spacial score (nSPS) is 11.2. The molecule has 0 saturated carbocycles. The van der Waals surface area contributed by atoms with Gasteiger partial charge in [0.05, 0.1) is 27.2 Å². The van der Waals surface area contributed by atoms with Crippen LogP contribution in [0.5, 0.6) is 0 Å². The van der Waals surface area contributed by atoms with Crippen LogP contribution in [0, 0.1) is 0 Å². The number of hydrogen-bond donors (Lipinski definition) is 0. The Bertz CT molecular complexity index is 519. The van der Waals surface area contributed by atoms with Crippen molar-refractivity contribution < 1.29 is 26.4 Å². The van der Waals surface area contributed by atoms with E-state index in [0.29, 0.717) is 13.0 Å². The SMILES string of the molecule is CCCCCCCCCCCCCC(=O)OCCC[N+](C)(C)Cc1ccccc1.[Cl-]. The molecule has 0 aliphatic heterocycles. The molecule has 0 radical (unpaired) electrons. The van der Waals surface area contributed by atoms with Crippen molar-refractivity contribution in [2.45, 2.75) is 96.9 Å². The summed E-state index contributed by atoms with van der Waals surface area (Å²) in [6.45, 7) is 4.84. The van der Waals surface area contributed by atoms with Crippen LogP contribution >= 0.6 is 0 Å². The summed E-state index contributed by atoms with van der Waals surface area (Å²) in [5.74, 6) is -0.0192. The number of hydrogen-bond acceptors (Lipinski definition) is 2. The highest BCUT2D eigenvalue weighted by Gasteiger charge is 2.15. The zero-order valence-electron chi connectivity index (χ0n) is 19.8. The highest BCUT2D eigenvalue weighted by molar-refractivity contribution is 5.69. The number of esters is 1. The number of ether oxygens (including phenoxy) is 1. The van der Waals surface area contributed by atoms with Gasteiger partial charge < -0.3 is 21.6 Å². The van der Waals surface area contributed by atoms with Gasteiger partial charge in [-0.2, -0.15) is 0 Å². The first-order chi connectivity index (χ1) is 14.0. The highest BCUT2D eigenvalue weighted by atomic mass is 35.5. The van der Waals surface area contributed by atoms with Crippen molar-refractivity contribution >= 4 is 5.97 Å². The molecule has 1 aromatic rings. The van der Waals surface area contributed by atoms with Crippen LogP contribution in [-0.4, -0.2) is 37.7 Å². The first-order valence-corrected chi connectivity index (χ1v) is 12.0. The summed E-state index contributed by atoms with van der Waals surface area (Å²) in [5.41, 5.74) is 1.35. The van der Waals surface area contributed by atoms with Gasteiger partial charge in [-0.25, -0.2) is 0 Å². The first kappa shape index (κ1) is 28.9. The second kappa shape index (κ2) is 18.7. The van der Waals surface area contributed by atoms with Gasteiger partial charge in [0.2, 0.25) is 0 Å². The van der Waals surface area contributed by atoms with Gasteiger partial charge in [-0.3, -0.25) is 4.79 Å². The van der Waals surface area contributed by atoms with Gasteiger partial charge in [0.1, 0.15) is 6.54 Å². The molecule has 0 atom stereocenters. The number of benzene rings is 1. The molecule has 0 unspecified atom stereocenters. The molecule has 0 fully saturated rings. The molecule has 1 rings (SSSR count). The standard InChI is InChI=1S/C26H46NO2.ClH/c1-4-5-6-7-8-9-10-11-12-13-17-21-26(28)29-23-18-22-27(2,3)24-25-19-15-14-16-20-25;/h14-16,19-20H,4-13,17-18,21-24H2,1-3H3;1H/q+1;/p-1. The lowest BCUT2D eigenvalue weighted by atomic mass is 10.1. The van der Waals surface area contributed by atoms with E-state index in [4.69, 9.17) is 4.74 Å². The molecule has 0 bridgehead atoms. The summed E-state index contributed by atoms with van der Waals surface area (Å²) in [4.78, 5) is 11.9. The maximum absolute atomic E-state index is 11.9. The number of nitrogens with zero attached hydrogens (tertiary/aromatic N) is 1. The topological polar surface area (TPSA) is 26.3 Å². The van der Waals surface area contributed by atoms with Crippen molar-refractivity contribution in [1.82, 2.24) is 0 Å². The fourth-order valence-electron chi connectivity index (χ4n) is 3.84. The van der Waals surface area contributed by atoms with Crippen molar-refractivity contribution in [1.29, 1.82) is 0 Å². The predicted molar refractivity (Wildman–Crippen MR) is 124 cm³/mol. The molecular weight excluding hydrogens is 394 g/mol. The van der Waals surface area contributed by atoms with Crippen molar-refractivity contribution in [2.24, 2.45) is 0 Å². The van der Waals surface area contributed by atoms with E-state index in [9.17, 15) is 4.79 Å². The number of halogens is 1. The van der Waals surface area contributed by atoms with E-state index < -0.39 is 0 Å². The molecule has 0 heterocycles. The molecule has 0 amide bonds. The third kappa shape index (κ3) is 16.7. The minimum atomic E-state index is -0.0192. The van der Waals surface area contributed by atoms with Gasteiger partial charge in [-0.1, -0.05) is 101 Å². The molecule has 0 aromatic heterocycles. The number of rotatable bonds is 18. The Morgan fingerprint density at radius 3 is 1.90 bits per heavy atom. The molecule has 0 aliphatic carbocycles. The first-order valence-electron chi connectivity index (χ1n) is 12.0. The van der Waals surface area contributed by atoms with Crippen molar-refractivity contribution in [3.63, 3.8) is 0 Å². The Hall–Kier alpha value is -1.06. The smallest absolute Gasteiger partial charge is 0.305 e. The van der Waals surface area contributed by atoms with Crippen LogP contribution in [0.4, 0.5) is 0 Å². The van der Waals surface area contributed by atoms with Crippen LogP contribution in [0.15, 0.2) is 30.3 Å². The lowest BCUT2D eigenvalue weighted by molar-refractivity contribution is -0.903. The van der Waals surface area contributed by atoms with E-state index in [0.717, 1.165) is 36.8 Å². The Labute approximate surface area is 192 Å². The molecule has 174 valence electrons. The third-order valence-electron chi connectivity index (χ3n) is 5.61. The highest BCUT2D eigenvalue weighted by Crippen LogP contribution is 2.13. The zero-order chi connectivity index (χ0) is 21.2. The van der Waals surface area contributed by atoms with Gasteiger partial charge >= 0.3 is 5.97 Å². The van der Waals surface area contributed by atoms with Gasteiger partial charge in [-0.15, -0.1) is 0 Å². The lowest BCUT2D eigenvalue weighted by Crippen LogP contribution is -3.00. The number of carbonyl (C=O) groups is 1. The fourth-order valence-corrected chi connectivity index (χ4v) is 3.84. The van der Waals surface area contributed by atoms with Crippen molar-refractivity contribution in [2.75, 3.05) is 27.2 Å². The lowest BCUT2D eigenvalue weighted by Gasteiger charge is -2.29. The molecule has 0 spiro atoms. The quantitative estimate of drug-likeness (QED) is 0.197. The molecule has 30 heavy (non-hydrogen) atoms. The summed E-state index contributed by atoms with van der Waals surface area (Å²) < 4.78 is 6.35. The van der Waals surface area contributed by atoms with Crippen LogP contribution in [0.2, 0.25) is 0 Å². The van der Waals surface area contributed by atoms with E-state index in [1.165, 1.54) is 63.4 Å². The molecule has 3 nitrogen and oxygen atoms in total. The van der Waals surface area contributed by atoms with Crippen LogP contribution in [-0.2, 0) is 16.1 Å².